The molecule has 1 aromatic carbocycles. The number of hydrogen-bond acceptors (Lipinski definition) is 4. The number of rotatable bonds is 6. The number of carbonyl (C=O) groups excluding carboxylic acids is 1. The first-order valence-electron chi connectivity index (χ1n) is 9.60. The second kappa shape index (κ2) is 7.74. The largest absolute Gasteiger partial charge is 0.448 e. The molecule has 6 heteroatoms. The molecule has 2 aliphatic rings. The molecule has 3 rings (SSSR count). The molecule has 1 fully saturated rings. The van der Waals surface area contributed by atoms with Crippen molar-refractivity contribution in [3.05, 3.63) is 18.2 Å². The zero-order valence-electron chi connectivity index (χ0n) is 16.4. The molecule has 2 amide bonds. The molecule has 1 N–H and O–H groups in total. The summed E-state index contributed by atoms with van der Waals surface area (Å²) < 4.78 is 12.1. The molecule has 1 aliphatic carbocycles. The van der Waals surface area contributed by atoms with E-state index in [1.54, 1.807) is 0 Å². The smallest absolute Gasteiger partial charge is 0.321 e. The summed E-state index contributed by atoms with van der Waals surface area (Å²) in [6, 6.07) is 5.58. The van der Waals surface area contributed by atoms with Gasteiger partial charge in [0.2, 0.25) is 0 Å². The fourth-order valence-electron chi connectivity index (χ4n) is 3.53. The summed E-state index contributed by atoms with van der Waals surface area (Å²) in [5.41, 5.74) is 0.742. The molecular formula is C20H31N3O3. The van der Waals surface area contributed by atoms with Crippen LogP contribution in [0, 0.1) is 5.92 Å². The number of nitrogens with one attached hydrogen (secondary N) is 1. The van der Waals surface area contributed by atoms with E-state index in [4.69, 9.17) is 9.47 Å². The van der Waals surface area contributed by atoms with Gasteiger partial charge in [-0.3, -0.25) is 0 Å². The Morgan fingerprint density at radius 3 is 2.50 bits per heavy atom. The number of urea groups is 1. The maximum Gasteiger partial charge on any atom is 0.321 e. The molecule has 0 atom stereocenters. The molecule has 1 aliphatic heterocycles. The monoisotopic (exact) mass is 361 g/mol. The van der Waals surface area contributed by atoms with E-state index in [-0.39, 0.29) is 6.03 Å². The van der Waals surface area contributed by atoms with Gasteiger partial charge in [0, 0.05) is 44.2 Å². The van der Waals surface area contributed by atoms with Crippen LogP contribution in [0.1, 0.15) is 39.5 Å². The molecule has 0 unspecified atom stereocenters. The highest BCUT2D eigenvalue weighted by Gasteiger charge is 2.44. The standard InChI is InChI=1S/C20H31N3O3/c1-15(2)14-23(12-11-22(3)4)19(24)21-16-7-8-17-18(13-16)26-20(25-17)9-5-6-10-20/h7-8,13,15H,5-6,9-12,14H2,1-4H3,(H,21,24). The highest BCUT2D eigenvalue weighted by molar-refractivity contribution is 5.89. The van der Waals surface area contributed by atoms with Crippen molar-refractivity contribution in [1.82, 2.24) is 9.80 Å². The van der Waals surface area contributed by atoms with Gasteiger partial charge < -0.3 is 24.6 Å². The molecule has 26 heavy (non-hydrogen) atoms. The molecule has 144 valence electrons. The van der Waals surface area contributed by atoms with Crippen molar-refractivity contribution < 1.29 is 14.3 Å². The first-order chi connectivity index (χ1) is 12.4. The summed E-state index contributed by atoms with van der Waals surface area (Å²) in [5, 5.41) is 3.01. The lowest BCUT2D eigenvalue weighted by Gasteiger charge is -2.26. The molecule has 0 aromatic heterocycles. The number of nitrogens with zero attached hydrogens (tertiary/aromatic N) is 2. The van der Waals surface area contributed by atoms with Crippen molar-refractivity contribution in [2.45, 2.75) is 45.3 Å². The third-order valence-corrected chi connectivity index (χ3v) is 4.84. The Labute approximate surface area is 156 Å². The van der Waals surface area contributed by atoms with E-state index in [9.17, 15) is 4.79 Å². The second-order valence-electron chi connectivity index (χ2n) is 8.06. The molecule has 1 spiro atoms. The SMILES string of the molecule is CC(C)CN(CCN(C)C)C(=O)Nc1ccc2c(c1)OC1(CCCC1)O2. The van der Waals surface area contributed by atoms with E-state index >= 15 is 0 Å². The lowest BCUT2D eigenvalue weighted by Crippen LogP contribution is -2.41. The molecule has 1 saturated carbocycles. The highest BCUT2D eigenvalue weighted by Crippen LogP contribution is 2.47. The van der Waals surface area contributed by atoms with Crippen molar-refractivity contribution in [1.29, 1.82) is 0 Å². The highest BCUT2D eigenvalue weighted by atomic mass is 16.7. The van der Waals surface area contributed by atoms with E-state index in [1.165, 1.54) is 0 Å². The third-order valence-electron chi connectivity index (χ3n) is 4.84. The van der Waals surface area contributed by atoms with Crippen molar-refractivity contribution >= 4 is 11.7 Å². The van der Waals surface area contributed by atoms with Crippen LogP contribution in [-0.4, -0.2) is 55.3 Å². The molecule has 0 saturated heterocycles. The lowest BCUT2D eigenvalue weighted by atomic mass is 10.2. The molecular weight excluding hydrogens is 330 g/mol. The predicted molar refractivity (Wildman–Crippen MR) is 103 cm³/mol. The summed E-state index contributed by atoms with van der Waals surface area (Å²) in [6.07, 6.45) is 4.12. The van der Waals surface area contributed by atoms with E-state index in [0.29, 0.717) is 12.5 Å². The lowest BCUT2D eigenvalue weighted by molar-refractivity contribution is -0.0716. The van der Waals surface area contributed by atoms with E-state index in [0.717, 1.165) is 56.0 Å². The predicted octanol–water partition coefficient (Wildman–Crippen LogP) is 3.78. The topological polar surface area (TPSA) is 54.0 Å². The number of carbonyl (C=O) groups is 1. The van der Waals surface area contributed by atoms with Crippen molar-refractivity contribution in [2.75, 3.05) is 39.0 Å². The Hall–Kier alpha value is -1.95. The number of amides is 2. The van der Waals surface area contributed by atoms with Gasteiger partial charge in [0.1, 0.15) is 0 Å². The average molecular weight is 361 g/mol. The molecule has 0 bridgehead atoms. The number of hydrogen-bond donors (Lipinski definition) is 1. The van der Waals surface area contributed by atoms with Crippen molar-refractivity contribution in [3.8, 4) is 11.5 Å². The van der Waals surface area contributed by atoms with Crippen LogP contribution in [0.2, 0.25) is 0 Å². The summed E-state index contributed by atoms with van der Waals surface area (Å²) in [5.74, 6) is 1.45. The van der Waals surface area contributed by atoms with Crippen LogP contribution in [-0.2, 0) is 0 Å². The summed E-state index contributed by atoms with van der Waals surface area (Å²) in [4.78, 5) is 16.7. The molecule has 0 radical (unpaired) electrons. The van der Waals surface area contributed by atoms with Gasteiger partial charge in [0.05, 0.1) is 0 Å². The fourth-order valence-corrected chi connectivity index (χ4v) is 3.53. The minimum atomic E-state index is -0.472. The van der Waals surface area contributed by atoms with Crippen LogP contribution >= 0.6 is 0 Å². The van der Waals surface area contributed by atoms with E-state index < -0.39 is 5.79 Å². The van der Waals surface area contributed by atoms with E-state index in [2.05, 4.69) is 24.1 Å². The number of fused-ring (bicyclic) bond motifs is 1. The molecule has 1 aromatic rings. The van der Waals surface area contributed by atoms with Gasteiger partial charge >= 0.3 is 6.03 Å². The van der Waals surface area contributed by atoms with Crippen LogP contribution in [0.3, 0.4) is 0 Å². The van der Waals surface area contributed by atoms with Gasteiger partial charge in [0.25, 0.3) is 5.79 Å². The first-order valence-corrected chi connectivity index (χ1v) is 9.60. The van der Waals surface area contributed by atoms with Crippen LogP contribution in [0.15, 0.2) is 18.2 Å². The van der Waals surface area contributed by atoms with Gasteiger partial charge in [-0.25, -0.2) is 4.79 Å². The van der Waals surface area contributed by atoms with E-state index in [1.807, 2.05) is 37.2 Å². The third kappa shape index (κ3) is 4.41. The Morgan fingerprint density at radius 2 is 1.85 bits per heavy atom. The van der Waals surface area contributed by atoms with Gasteiger partial charge in [-0.1, -0.05) is 13.8 Å². The quantitative estimate of drug-likeness (QED) is 0.838. The van der Waals surface area contributed by atoms with Crippen LogP contribution in [0.4, 0.5) is 10.5 Å². The first kappa shape index (κ1) is 18.8. The fraction of sp³-hybridized carbons (Fsp3) is 0.650. The van der Waals surface area contributed by atoms with Crippen molar-refractivity contribution in [2.24, 2.45) is 5.92 Å². The summed E-state index contributed by atoms with van der Waals surface area (Å²) in [7, 11) is 4.03. The van der Waals surface area contributed by atoms with Crippen LogP contribution in [0.5, 0.6) is 11.5 Å². The Bertz CT molecular complexity index is 639. The maximum atomic E-state index is 12.7. The second-order valence-corrected chi connectivity index (χ2v) is 8.06. The van der Waals surface area contributed by atoms with Gasteiger partial charge in [0.15, 0.2) is 11.5 Å². The zero-order chi connectivity index (χ0) is 18.7. The summed E-state index contributed by atoms with van der Waals surface area (Å²) in [6.45, 7) is 6.51. The minimum absolute atomic E-state index is 0.0741. The van der Waals surface area contributed by atoms with Crippen LogP contribution < -0.4 is 14.8 Å². The number of anilines is 1. The molecule has 1 heterocycles. The minimum Gasteiger partial charge on any atom is -0.448 e. The normalized spacial score (nSPS) is 17.3. The van der Waals surface area contributed by atoms with Gasteiger partial charge in [-0.2, -0.15) is 0 Å². The zero-order valence-corrected chi connectivity index (χ0v) is 16.4. The maximum absolute atomic E-state index is 12.7. The van der Waals surface area contributed by atoms with Crippen molar-refractivity contribution in [3.63, 3.8) is 0 Å². The number of ether oxygens (including phenoxy) is 2. The number of benzene rings is 1. The number of likely N-dealkylation sites (N-methyl/N-ethyl adjacent to an activating group) is 1. The average Bonchev–Trinajstić information content (AvgIpc) is 3.16. The Balaban J connectivity index is 1.65. The van der Waals surface area contributed by atoms with Gasteiger partial charge in [-0.15, -0.1) is 0 Å². The Morgan fingerprint density at radius 1 is 1.15 bits per heavy atom. The van der Waals surface area contributed by atoms with Gasteiger partial charge in [-0.05, 0) is 45.0 Å². The summed E-state index contributed by atoms with van der Waals surface area (Å²) >= 11 is 0. The Kier molecular flexibility index (Phi) is 5.61. The van der Waals surface area contributed by atoms with Crippen LogP contribution in [0.25, 0.3) is 0 Å². The molecule has 6 nitrogen and oxygen atoms in total.